The molecule has 0 aliphatic carbocycles. The third kappa shape index (κ3) is 4.84. The Bertz CT molecular complexity index is 1000. The molecule has 0 spiro atoms. The van der Waals surface area contributed by atoms with E-state index in [9.17, 15) is 39.6 Å². The lowest BCUT2D eigenvalue weighted by atomic mass is 10.1. The fourth-order valence-electron chi connectivity index (χ4n) is 2.54. The minimum Gasteiger partial charge on any atom is -0.288 e. The first-order valence-electron chi connectivity index (χ1n) is 8.08. The molecular formula is C17H14F6N2O4S. The number of carbonyl (C=O) groups is 1. The van der Waals surface area contributed by atoms with E-state index in [-0.39, 0.29) is 36.0 Å². The minimum atomic E-state index is -5.21. The summed E-state index contributed by atoms with van der Waals surface area (Å²) in [5.41, 5.74) is -2.34. The van der Waals surface area contributed by atoms with Crippen molar-refractivity contribution >= 4 is 21.6 Å². The number of carbonyl (C=O) groups excluding carboxylic acids is 1. The van der Waals surface area contributed by atoms with Crippen LogP contribution < -0.4 is 9.79 Å². The van der Waals surface area contributed by atoms with Crippen LogP contribution in [0.2, 0.25) is 0 Å². The number of hydrogen-bond donors (Lipinski definition) is 2. The molecule has 2 rings (SSSR count). The van der Waals surface area contributed by atoms with Crippen LogP contribution in [0.25, 0.3) is 0 Å². The number of nitrogens with zero attached hydrogens (tertiary/aromatic N) is 1. The molecule has 0 unspecified atom stereocenters. The Labute approximate surface area is 166 Å². The van der Waals surface area contributed by atoms with Crippen LogP contribution in [-0.2, 0) is 22.4 Å². The van der Waals surface area contributed by atoms with Crippen LogP contribution in [0, 0.1) is 0 Å². The van der Waals surface area contributed by atoms with Gasteiger partial charge in [-0.2, -0.15) is 26.3 Å². The van der Waals surface area contributed by atoms with Crippen LogP contribution in [0.5, 0.6) is 0 Å². The highest BCUT2D eigenvalue weighted by atomic mass is 32.2. The van der Waals surface area contributed by atoms with Gasteiger partial charge in [0, 0.05) is 12.1 Å². The number of hydroxylamine groups is 1. The van der Waals surface area contributed by atoms with Gasteiger partial charge in [0.2, 0.25) is 0 Å². The van der Waals surface area contributed by atoms with Crippen molar-refractivity contribution in [3.63, 3.8) is 0 Å². The largest absolute Gasteiger partial charge is 0.416 e. The third-order valence-corrected chi connectivity index (χ3v) is 5.84. The highest BCUT2D eigenvalue weighted by Crippen LogP contribution is 2.38. The lowest BCUT2D eigenvalue weighted by Gasteiger charge is -2.24. The Morgan fingerprint density at radius 2 is 1.43 bits per heavy atom. The summed E-state index contributed by atoms with van der Waals surface area (Å²) in [6.07, 6.45) is -10.4. The van der Waals surface area contributed by atoms with Crippen molar-refractivity contribution in [2.75, 3.05) is 10.8 Å². The first-order chi connectivity index (χ1) is 13.7. The van der Waals surface area contributed by atoms with Crippen LogP contribution in [-0.4, -0.2) is 26.1 Å². The van der Waals surface area contributed by atoms with E-state index in [1.807, 2.05) is 0 Å². The second-order valence-electron chi connectivity index (χ2n) is 5.90. The predicted molar refractivity (Wildman–Crippen MR) is 92.3 cm³/mol. The van der Waals surface area contributed by atoms with Gasteiger partial charge in [-0.1, -0.05) is 0 Å². The molecule has 0 saturated heterocycles. The van der Waals surface area contributed by atoms with Gasteiger partial charge in [-0.3, -0.25) is 14.3 Å². The predicted octanol–water partition coefficient (Wildman–Crippen LogP) is 4.06. The van der Waals surface area contributed by atoms with E-state index in [1.165, 1.54) is 12.4 Å². The van der Waals surface area contributed by atoms with E-state index in [1.54, 1.807) is 0 Å². The molecule has 0 aromatic heterocycles. The van der Waals surface area contributed by atoms with Crippen LogP contribution in [0.4, 0.5) is 32.0 Å². The Kier molecular flexibility index (Phi) is 6.37. The Morgan fingerprint density at radius 1 is 0.967 bits per heavy atom. The molecule has 164 valence electrons. The van der Waals surface area contributed by atoms with Gasteiger partial charge >= 0.3 is 12.4 Å². The van der Waals surface area contributed by atoms with Crippen molar-refractivity contribution in [1.29, 1.82) is 0 Å². The Hall–Kier alpha value is -2.80. The van der Waals surface area contributed by atoms with Crippen LogP contribution in [0.3, 0.4) is 0 Å². The molecule has 0 aliphatic heterocycles. The van der Waals surface area contributed by atoms with E-state index in [0.717, 1.165) is 24.3 Å². The molecule has 30 heavy (non-hydrogen) atoms. The Balaban J connectivity index is 2.61. The topological polar surface area (TPSA) is 86.7 Å². The minimum absolute atomic E-state index is 0.0619. The van der Waals surface area contributed by atoms with Crippen molar-refractivity contribution in [3.05, 3.63) is 59.2 Å². The van der Waals surface area contributed by atoms with Crippen molar-refractivity contribution < 1.29 is 44.8 Å². The molecule has 1 amide bonds. The average Bonchev–Trinajstić information content (AvgIpc) is 2.66. The molecule has 0 fully saturated rings. The number of nitrogens with one attached hydrogen (secondary N) is 1. The second-order valence-corrected chi connectivity index (χ2v) is 7.76. The smallest absolute Gasteiger partial charge is 0.288 e. The van der Waals surface area contributed by atoms with Gasteiger partial charge in [-0.15, -0.1) is 0 Å². The van der Waals surface area contributed by atoms with E-state index in [2.05, 4.69) is 0 Å². The molecular weight excluding hydrogens is 442 g/mol. The van der Waals surface area contributed by atoms with Gasteiger partial charge in [0.1, 0.15) is 0 Å². The Morgan fingerprint density at radius 3 is 1.80 bits per heavy atom. The van der Waals surface area contributed by atoms with Crippen LogP contribution in [0.1, 0.15) is 28.4 Å². The molecule has 0 heterocycles. The van der Waals surface area contributed by atoms with Crippen LogP contribution in [0.15, 0.2) is 47.4 Å². The van der Waals surface area contributed by atoms with Crippen LogP contribution >= 0.6 is 0 Å². The first kappa shape index (κ1) is 23.5. The summed E-state index contributed by atoms with van der Waals surface area (Å²) in [5, 5.41) is 8.58. The summed E-state index contributed by atoms with van der Waals surface area (Å²) >= 11 is 0. The van der Waals surface area contributed by atoms with Crippen molar-refractivity contribution in [2.45, 2.75) is 24.2 Å². The maximum Gasteiger partial charge on any atom is 0.416 e. The standard InChI is InChI=1S/C17H14F6N2O4S/c1-2-25(13-5-3-10(4-6-13)15(26)24-27)30(28,29)14-8-11(16(18,19)20)7-12(9-14)17(21,22)23/h3-9,27H,2H2,1H3,(H,24,26). The molecule has 0 atom stereocenters. The summed E-state index contributed by atoms with van der Waals surface area (Å²) in [6, 6.07) is 4.55. The number of sulfonamides is 1. The molecule has 2 N–H and O–H groups in total. The second kappa shape index (κ2) is 8.14. The quantitative estimate of drug-likeness (QED) is 0.404. The lowest BCUT2D eigenvalue weighted by molar-refractivity contribution is -0.143. The van der Waals surface area contributed by atoms with Gasteiger partial charge < -0.3 is 0 Å². The third-order valence-electron chi connectivity index (χ3n) is 3.96. The number of rotatable bonds is 5. The number of hydrogen-bond acceptors (Lipinski definition) is 4. The molecule has 2 aromatic carbocycles. The number of amides is 1. The summed E-state index contributed by atoms with van der Waals surface area (Å²) in [7, 11) is -4.83. The summed E-state index contributed by atoms with van der Waals surface area (Å²) in [4.78, 5) is 10.1. The highest BCUT2D eigenvalue weighted by Gasteiger charge is 2.39. The molecule has 0 bridgehead atoms. The zero-order chi connectivity index (χ0) is 22.9. The van der Waals surface area contributed by atoms with E-state index in [0.29, 0.717) is 4.31 Å². The number of anilines is 1. The van der Waals surface area contributed by atoms with E-state index < -0.39 is 44.3 Å². The normalized spacial score (nSPS) is 12.5. The van der Waals surface area contributed by atoms with Gasteiger partial charge in [-0.05, 0) is 49.4 Å². The lowest BCUT2D eigenvalue weighted by Crippen LogP contribution is -2.31. The summed E-state index contributed by atoms with van der Waals surface area (Å²) in [5.74, 6) is -0.903. The number of alkyl halides is 6. The monoisotopic (exact) mass is 456 g/mol. The zero-order valence-electron chi connectivity index (χ0n) is 15.0. The molecule has 0 saturated carbocycles. The SMILES string of the molecule is CCN(c1ccc(C(=O)NO)cc1)S(=O)(=O)c1cc(C(F)(F)F)cc(C(F)(F)F)c1. The van der Waals surface area contributed by atoms with Crippen molar-refractivity contribution in [3.8, 4) is 0 Å². The average molecular weight is 456 g/mol. The van der Waals surface area contributed by atoms with Gasteiger partial charge in [-0.25, -0.2) is 13.9 Å². The van der Waals surface area contributed by atoms with Crippen molar-refractivity contribution in [2.24, 2.45) is 0 Å². The zero-order valence-corrected chi connectivity index (χ0v) is 15.9. The highest BCUT2D eigenvalue weighted by molar-refractivity contribution is 7.92. The van der Waals surface area contributed by atoms with E-state index in [4.69, 9.17) is 5.21 Å². The first-order valence-corrected chi connectivity index (χ1v) is 9.52. The maximum absolute atomic E-state index is 13.0. The number of halogens is 6. The fourth-order valence-corrected chi connectivity index (χ4v) is 4.08. The van der Waals surface area contributed by atoms with Gasteiger partial charge in [0.05, 0.1) is 21.7 Å². The fraction of sp³-hybridized carbons (Fsp3) is 0.235. The molecule has 2 aromatic rings. The maximum atomic E-state index is 13.0. The van der Waals surface area contributed by atoms with Gasteiger partial charge in [0.25, 0.3) is 15.9 Å². The summed E-state index contributed by atoms with van der Waals surface area (Å²) < 4.78 is 105. The number of benzene rings is 2. The van der Waals surface area contributed by atoms with Crippen molar-refractivity contribution in [1.82, 2.24) is 5.48 Å². The molecule has 0 aliphatic rings. The van der Waals surface area contributed by atoms with Gasteiger partial charge in [0.15, 0.2) is 0 Å². The molecule has 0 radical (unpaired) electrons. The van der Waals surface area contributed by atoms with E-state index >= 15 is 0 Å². The molecule has 6 nitrogen and oxygen atoms in total. The summed E-state index contributed by atoms with van der Waals surface area (Å²) in [6.45, 7) is 0.996. The molecule has 13 heteroatoms.